The second-order valence-electron chi connectivity index (χ2n) is 6.00. The molecule has 0 bridgehead atoms. The molecule has 1 N–H and O–H groups in total. The summed E-state index contributed by atoms with van der Waals surface area (Å²) >= 11 is 5.00. The number of nitrogens with zero attached hydrogens (tertiary/aromatic N) is 1. The third-order valence-electron chi connectivity index (χ3n) is 4.04. The Hall–Kier alpha value is -3.06. The molecule has 0 radical (unpaired) electrons. The number of thiocarbonyl (C=S) groups is 1. The molecule has 0 atom stereocenters. The summed E-state index contributed by atoms with van der Waals surface area (Å²) in [5.41, 5.74) is 1.83. The second kappa shape index (κ2) is 6.68. The Kier molecular flexibility index (Phi) is 4.56. The maximum atomic E-state index is 12.8. The van der Waals surface area contributed by atoms with Crippen LogP contribution in [0.15, 0.2) is 45.8 Å². The number of aryl methyl sites for hydroxylation is 2. The maximum Gasteiger partial charge on any atom is 0.265 e. The van der Waals surface area contributed by atoms with Crippen LogP contribution in [0.5, 0.6) is 0 Å². The van der Waals surface area contributed by atoms with Crippen molar-refractivity contribution >= 4 is 46.2 Å². The van der Waals surface area contributed by atoms with Gasteiger partial charge in [-0.2, -0.15) is 0 Å². The molecule has 1 aromatic carbocycles. The van der Waals surface area contributed by atoms with Gasteiger partial charge in [-0.1, -0.05) is 12.1 Å². The Morgan fingerprint density at radius 3 is 2.69 bits per heavy atom. The van der Waals surface area contributed by atoms with Crippen LogP contribution in [0.1, 0.15) is 16.7 Å². The molecule has 6 nitrogen and oxygen atoms in total. The minimum atomic E-state index is -0.652. The van der Waals surface area contributed by atoms with Crippen molar-refractivity contribution in [2.45, 2.75) is 13.8 Å². The van der Waals surface area contributed by atoms with Gasteiger partial charge in [-0.25, -0.2) is 0 Å². The monoisotopic (exact) mass is 368 g/mol. The van der Waals surface area contributed by atoms with Crippen molar-refractivity contribution in [2.24, 2.45) is 0 Å². The van der Waals surface area contributed by atoms with Gasteiger partial charge in [0.1, 0.15) is 17.4 Å². The first-order valence-corrected chi connectivity index (χ1v) is 8.27. The van der Waals surface area contributed by atoms with Gasteiger partial charge in [-0.3, -0.25) is 24.6 Å². The molecule has 0 aliphatic carbocycles. The molecule has 26 heavy (non-hydrogen) atoms. The lowest BCUT2D eigenvalue weighted by atomic mass is 10.0. The third-order valence-corrected chi connectivity index (χ3v) is 4.37. The number of nitrogens with one attached hydrogen (secondary N) is 1. The van der Waals surface area contributed by atoms with Crippen LogP contribution in [0, 0.1) is 13.8 Å². The normalized spacial score (nSPS) is 16.3. The number of benzene rings is 1. The van der Waals surface area contributed by atoms with E-state index in [1.807, 2.05) is 19.9 Å². The van der Waals surface area contributed by atoms with E-state index < -0.39 is 11.8 Å². The Balaban J connectivity index is 2.14. The standard InChI is InChI=1S/C19H16N2O4S/c1-4-5-21-18(24)13(17(23)20-19(21)26)8-12-9-25-14-7-10(2)6-11(3)15(14)16(12)22/h4,6-9H,1,5H2,2-3H3,(H,20,23,26)/b13-8+. The smallest absolute Gasteiger partial charge is 0.265 e. The largest absolute Gasteiger partial charge is 0.463 e. The number of amides is 2. The van der Waals surface area contributed by atoms with Crippen molar-refractivity contribution in [3.8, 4) is 0 Å². The lowest BCUT2D eigenvalue weighted by Crippen LogP contribution is -2.53. The first-order valence-electron chi connectivity index (χ1n) is 7.86. The number of rotatable bonds is 3. The predicted octanol–water partition coefficient (Wildman–Crippen LogP) is 2.22. The maximum absolute atomic E-state index is 12.8. The van der Waals surface area contributed by atoms with Gasteiger partial charge in [0.25, 0.3) is 11.8 Å². The molecule has 132 valence electrons. The van der Waals surface area contributed by atoms with Crippen LogP contribution >= 0.6 is 12.2 Å². The highest BCUT2D eigenvalue weighted by atomic mass is 32.1. The molecule has 0 saturated carbocycles. The lowest BCUT2D eigenvalue weighted by Gasteiger charge is -2.27. The summed E-state index contributed by atoms with van der Waals surface area (Å²) in [5.74, 6) is -1.24. The minimum absolute atomic E-state index is 0.00826. The fourth-order valence-electron chi connectivity index (χ4n) is 2.88. The van der Waals surface area contributed by atoms with Crippen molar-refractivity contribution in [1.82, 2.24) is 10.2 Å². The molecule has 2 amide bonds. The zero-order chi connectivity index (χ0) is 19.0. The molecular formula is C19H16N2O4S. The van der Waals surface area contributed by atoms with E-state index in [4.69, 9.17) is 16.6 Å². The van der Waals surface area contributed by atoms with Gasteiger partial charge in [0.15, 0.2) is 10.5 Å². The van der Waals surface area contributed by atoms with Crippen LogP contribution in [-0.4, -0.2) is 28.4 Å². The van der Waals surface area contributed by atoms with Gasteiger partial charge >= 0.3 is 0 Å². The molecule has 7 heteroatoms. The van der Waals surface area contributed by atoms with Crippen LogP contribution in [-0.2, 0) is 9.59 Å². The fourth-order valence-corrected chi connectivity index (χ4v) is 3.13. The number of hydrogen-bond donors (Lipinski definition) is 1. The summed E-state index contributed by atoms with van der Waals surface area (Å²) in [4.78, 5) is 38.8. The van der Waals surface area contributed by atoms with Gasteiger partial charge in [0, 0.05) is 6.54 Å². The van der Waals surface area contributed by atoms with Crippen LogP contribution in [0.4, 0.5) is 0 Å². The van der Waals surface area contributed by atoms with Crippen LogP contribution in [0.3, 0.4) is 0 Å². The summed E-state index contributed by atoms with van der Waals surface area (Å²) in [7, 11) is 0. The highest BCUT2D eigenvalue weighted by Gasteiger charge is 2.32. The molecule has 3 rings (SSSR count). The molecule has 1 aliphatic rings. The van der Waals surface area contributed by atoms with E-state index >= 15 is 0 Å². The Labute approximate surface area is 154 Å². The zero-order valence-corrected chi connectivity index (χ0v) is 15.1. The van der Waals surface area contributed by atoms with Crippen molar-refractivity contribution < 1.29 is 14.0 Å². The summed E-state index contributed by atoms with van der Waals surface area (Å²) < 4.78 is 5.55. The summed E-state index contributed by atoms with van der Waals surface area (Å²) in [6.45, 7) is 7.44. The number of fused-ring (bicyclic) bond motifs is 1. The fraction of sp³-hybridized carbons (Fsp3) is 0.158. The van der Waals surface area contributed by atoms with E-state index in [0.29, 0.717) is 11.0 Å². The van der Waals surface area contributed by atoms with E-state index in [1.165, 1.54) is 23.3 Å². The molecule has 0 unspecified atom stereocenters. The number of carbonyl (C=O) groups is 2. The Morgan fingerprint density at radius 2 is 2.00 bits per heavy atom. The number of hydrogen-bond acceptors (Lipinski definition) is 5. The number of carbonyl (C=O) groups excluding carboxylic acids is 2. The Bertz CT molecular complexity index is 1070. The molecule has 0 spiro atoms. The minimum Gasteiger partial charge on any atom is -0.463 e. The van der Waals surface area contributed by atoms with Crippen molar-refractivity contribution in [2.75, 3.05) is 6.54 Å². The molecule has 1 aromatic heterocycles. The Morgan fingerprint density at radius 1 is 1.27 bits per heavy atom. The van der Waals surface area contributed by atoms with Gasteiger partial charge in [-0.15, -0.1) is 6.58 Å². The van der Waals surface area contributed by atoms with E-state index in [9.17, 15) is 14.4 Å². The van der Waals surface area contributed by atoms with Crippen LogP contribution in [0.25, 0.3) is 17.0 Å². The van der Waals surface area contributed by atoms with Crippen LogP contribution < -0.4 is 10.7 Å². The highest BCUT2D eigenvalue weighted by molar-refractivity contribution is 7.80. The topological polar surface area (TPSA) is 79.6 Å². The first-order chi connectivity index (χ1) is 12.3. The van der Waals surface area contributed by atoms with Crippen molar-refractivity contribution in [1.29, 1.82) is 0 Å². The summed E-state index contributed by atoms with van der Waals surface area (Å²) in [5, 5.41) is 2.87. The quantitative estimate of drug-likeness (QED) is 0.389. The van der Waals surface area contributed by atoms with Crippen molar-refractivity contribution in [3.63, 3.8) is 0 Å². The lowest BCUT2D eigenvalue weighted by molar-refractivity contribution is -0.128. The van der Waals surface area contributed by atoms with E-state index in [2.05, 4.69) is 11.9 Å². The SMILES string of the molecule is C=CCN1C(=O)/C(=C/c2coc3cc(C)cc(C)c3c2=O)C(=O)NC1=S. The van der Waals surface area contributed by atoms with Gasteiger partial charge < -0.3 is 4.42 Å². The predicted molar refractivity (Wildman–Crippen MR) is 103 cm³/mol. The molecule has 2 heterocycles. The van der Waals surface area contributed by atoms with E-state index in [0.717, 1.165) is 11.1 Å². The molecule has 1 fully saturated rings. The van der Waals surface area contributed by atoms with Gasteiger partial charge in [0.05, 0.1) is 10.9 Å². The molecular weight excluding hydrogens is 352 g/mol. The summed E-state index contributed by atoms with van der Waals surface area (Å²) in [6.07, 6.45) is 3.98. The zero-order valence-electron chi connectivity index (χ0n) is 14.3. The van der Waals surface area contributed by atoms with Gasteiger partial charge in [0.2, 0.25) is 0 Å². The van der Waals surface area contributed by atoms with Gasteiger partial charge in [-0.05, 0) is 49.3 Å². The molecule has 1 saturated heterocycles. The summed E-state index contributed by atoms with van der Waals surface area (Å²) in [6, 6.07) is 3.64. The van der Waals surface area contributed by atoms with Crippen molar-refractivity contribution in [3.05, 3.63) is 63.5 Å². The highest BCUT2D eigenvalue weighted by Crippen LogP contribution is 2.20. The third kappa shape index (κ3) is 2.97. The second-order valence-corrected chi connectivity index (χ2v) is 6.38. The first kappa shape index (κ1) is 17.8. The molecule has 1 aliphatic heterocycles. The van der Waals surface area contributed by atoms with E-state index in [1.54, 1.807) is 6.07 Å². The van der Waals surface area contributed by atoms with E-state index in [-0.39, 0.29) is 28.2 Å². The average molecular weight is 368 g/mol. The average Bonchev–Trinajstić information content (AvgIpc) is 2.56. The molecule has 2 aromatic rings. The van der Waals surface area contributed by atoms with Crippen LogP contribution in [0.2, 0.25) is 0 Å².